The summed E-state index contributed by atoms with van der Waals surface area (Å²) >= 11 is 0. The third kappa shape index (κ3) is 3.46. The molecule has 0 amide bonds. The maximum Gasteiger partial charge on any atom is 0.0599 e. The van der Waals surface area contributed by atoms with Gasteiger partial charge in [-0.05, 0) is 75.9 Å². The molecule has 3 rings (SSSR count). The van der Waals surface area contributed by atoms with E-state index in [9.17, 15) is 0 Å². The molecular formula is C15H28N2O. The van der Waals surface area contributed by atoms with Crippen molar-refractivity contribution in [2.24, 2.45) is 11.3 Å². The van der Waals surface area contributed by atoms with Crippen molar-refractivity contribution in [1.29, 1.82) is 0 Å². The van der Waals surface area contributed by atoms with Crippen LogP contribution in [0.3, 0.4) is 0 Å². The lowest BCUT2D eigenvalue weighted by molar-refractivity contribution is 0.0316. The fourth-order valence-corrected chi connectivity index (χ4v) is 3.33. The lowest BCUT2D eigenvalue weighted by Gasteiger charge is -2.23. The number of rotatable bonds is 8. The van der Waals surface area contributed by atoms with Crippen LogP contribution in [0.25, 0.3) is 0 Å². The number of nitrogens with one attached hydrogen (secondary N) is 2. The van der Waals surface area contributed by atoms with E-state index in [2.05, 4.69) is 10.6 Å². The smallest absolute Gasteiger partial charge is 0.0599 e. The molecule has 3 heteroatoms. The van der Waals surface area contributed by atoms with Crippen LogP contribution < -0.4 is 10.6 Å². The van der Waals surface area contributed by atoms with Gasteiger partial charge < -0.3 is 15.4 Å². The zero-order chi connectivity index (χ0) is 12.3. The second kappa shape index (κ2) is 5.89. The van der Waals surface area contributed by atoms with Gasteiger partial charge in [0.1, 0.15) is 0 Å². The summed E-state index contributed by atoms with van der Waals surface area (Å²) in [4.78, 5) is 0. The topological polar surface area (TPSA) is 33.3 Å². The van der Waals surface area contributed by atoms with Crippen LogP contribution in [0.15, 0.2) is 0 Å². The molecular weight excluding hydrogens is 224 g/mol. The van der Waals surface area contributed by atoms with E-state index < -0.39 is 0 Å². The minimum Gasteiger partial charge on any atom is -0.378 e. The highest BCUT2D eigenvalue weighted by molar-refractivity contribution is 5.04. The van der Waals surface area contributed by atoms with Crippen molar-refractivity contribution in [2.45, 2.75) is 51.0 Å². The molecule has 18 heavy (non-hydrogen) atoms. The first-order chi connectivity index (χ1) is 8.89. The van der Waals surface area contributed by atoms with Gasteiger partial charge in [0.2, 0.25) is 0 Å². The molecule has 3 nitrogen and oxygen atoms in total. The van der Waals surface area contributed by atoms with Crippen molar-refractivity contribution in [2.75, 3.05) is 32.8 Å². The molecule has 2 N–H and O–H groups in total. The van der Waals surface area contributed by atoms with E-state index in [4.69, 9.17) is 4.74 Å². The SMILES string of the molecule is C(CNCC1(C2CC2)CC1)COC1CCNCC1. The number of hydrogen-bond donors (Lipinski definition) is 2. The number of piperidine rings is 1. The van der Waals surface area contributed by atoms with Crippen LogP contribution in [0.2, 0.25) is 0 Å². The van der Waals surface area contributed by atoms with Crippen LogP contribution in [0, 0.1) is 11.3 Å². The van der Waals surface area contributed by atoms with Gasteiger partial charge in [0.15, 0.2) is 0 Å². The molecule has 0 bridgehead atoms. The zero-order valence-corrected chi connectivity index (χ0v) is 11.5. The molecule has 0 aromatic rings. The van der Waals surface area contributed by atoms with Gasteiger partial charge in [0.25, 0.3) is 0 Å². The summed E-state index contributed by atoms with van der Waals surface area (Å²) in [6.45, 7) is 5.61. The van der Waals surface area contributed by atoms with E-state index in [0.29, 0.717) is 6.10 Å². The van der Waals surface area contributed by atoms with Crippen molar-refractivity contribution in [3.63, 3.8) is 0 Å². The molecule has 0 spiro atoms. The van der Waals surface area contributed by atoms with Gasteiger partial charge in [-0.15, -0.1) is 0 Å². The Labute approximate surface area is 111 Å². The van der Waals surface area contributed by atoms with Crippen LogP contribution in [0.1, 0.15) is 44.9 Å². The third-order valence-corrected chi connectivity index (χ3v) is 4.95. The third-order valence-electron chi connectivity index (χ3n) is 4.95. The molecule has 3 fully saturated rings. The lowest BCUT2D eigenvalue weighted by atomic mass is 10.0. The first-order valence-electron chi connectivity index (χ1n) is 7.92. The Morgan fingerprint density at radius 1 is 1.11 bits per heavy atom. The van der Waals surface area contributed by atoms with Crippen LogP contribution in [0.5, 0.6) is 0 Å². The predicted molar refractivity (Wildman–Crippen MR) is 73.7 cm³/mol. The normalized spacial score (nSPS) is 27.3. The van der Waals surface area contributed by atoms with Crippen LogP contribution in [-0.4, -0.2) is 38.9 Å². The van der Waals surface area contributed by atoms with E-state index in [0.717, 1.165) is 37.6 Å². The Kier molecular flexibility index (Phi) is 4.22. The van der Waals surface area contributed by atoms with Crippen molar-refractivity contribution in [3.05, 3.63) is 0 Å². The number of ether oxygens (including phenoxy) is 1. The van der Waals surface area contributed by atoms with Crippen LogP contribution in [-0.2, 0) is 4.74 Å². The summed E-state index contributed by atoms with van der Waals surface area (Å²) in [7, 11) is 0. The van der Waals surface area contributed by atoms with Gasteiger partial charge in [-0.1, -0.05) is 0 Å². The fourth-order valence-electron chi connectivity index (χ4n) is 3.33. The summed E-state index contributed by atoms with van der Waals surface area (Å²) in [5.74, 6) is 1.08. The molecule has 0 aromatic carbocycles. The minimum atomic E-state index is 0.521. The Morgan fingerprint density at radius 3 is 2.56 bits per heavy atom. The molecule has 0 radical (unpaired) electrons. The summed E-state index contributed by atoms with van der Waals surface area (Å²) in [6.07, 6.45) is 10.0. The van der Waals surface area contributed by atoms with Gasteiger partial charge in [0, 0.05) is 13.2 Å². The van der Waals surface area contributed by atoms with Crippen molar-refractivity contribution in [3.8, 4) is 0 Å². The van der Waals surface area contributed by atoms with Gasteiger partial charge in [0.05, 0.1) is 6.10 Å². The Morgan fingerprint density at radius 2 is 1.89 bits per heavy atom. The largest absolute Gasteiger partial charge is 0.378 e. The summed E-state index contributed by atoms with van der Waals surface area (Å²) in [6, 6.07) is 0. The van der Waals surface area contributed by atoms with Crippen molar-refractivity contribution < 1.29 is 4.74 Å². The molecule has 1 aliphatic heterocycles. The monoisotopic (exact) mass is 252 g/mol. The molecule has 1 saturated heterocycles. The fraction of sp³-hybridized carbons (Fsp3) is 1.00. The molecule has 3 aliphatic rings. The summed E-state index contributed by atoms with van der Waals surface area (Å²) < 4.78 is 5.91. The zero-order valence-electron chi connectivity index (χ0n) is 11.5. The Balaban J connectivity index is 1.18. The first kappa shape index (κ1) is 12.9. The molecule has 0 unspecified atom stereocenters. The summed E-state index contributed by atoms with van der Waals surface area (Å²) in [5, 5.41) is 7.03. The molecule has 104 valence electrons. The maximum atomic E-state index is 5.91. The van der Waals surface area contributed by atoms with Crippen molar-refractivity contribution in [1.82, 2.24) is 10.6 Å². The van der Waals surface area contributed by atoms with E-state index >= 15 is 0 Å². The van der Waals surface area contributed by atoms with E-state index in [1.165, 1.54) is 51.5 Å². The standard InChI is InChI=1S/C15H28N2O/c1(11-18-14-4-9-16-10-5-14)8-17-12-15(6-7-15)13-2-3-13/h13-14,16-17H,1-12H2. The lowest BCUT2D eigenvalue weighted by Crippen LogP contribution is -2.33. The average Bonchev–Trinajstić information content (AvgIpc) is 3.28. The quantitative estimate of drug-likeness (QED) is 0.648. The second-order valence-electron chi connectivity index (χ2n) is 6.49. The van der Waals surface area contributed by atoms with Gasteiger partial charge in [-0.3, -0.25) is 0 Å². The van der Waals surface area contributed by atoms with Gasteiger partial charge in [-0.2, -0.15) is 0 Å². The maximum absolute atomic E-state index is 5.91. The highest BCUT2D eigenvalue weighted by Gasteiger charge is 2.52. The highest BCUT2D eigenvalue weighted by atomic mass is 16.5. The van der Waals surface area contributed by atoms with Crippen molar-refractivity contribution >= 4 is 0 Å². The Hall–Kier alpha value is -0.120. The predicted octanol–water partition coefficient (Wildman–Crippen LogP) is 1.92. The highest BCUT2D eigenvalue weighted by Crippen LogP contribution is 2.60. The number of hydrogen-bond acceptors (Lipinski definition) is 3. The van der Waals surface area contributed by atoms with Gasteiger partial charge in [-0.25, -0.2) is 0 Å². The van der Waals surface area contributed by atoms with Crippen LogP contribution in [0.4, 0.5) is 0 Å². The molecule has 0 aromatic heterocycles. The van der Waals surface area contributed by atoms with E-state index in [1.54, 1.807) is 0 Å². The average molecular weight is 252 g/mol. The molecule has 1 heterocycles. The first-order valence-corrected chi connectivity index (χ1v) is 7.92. The van der Waals surface area contributed by atoms with Crippen LogP contribution >= 0.6 is 0 Å². The Bertz CT molecular complexity index is 255. The van der Waals surface area contributed by atoms with E-state index in [-0.39, 0.29) is 0 Å². The second-order valence-corrected chi connectivity index (χ2v) is 6.49. The minimum absolute atomic E-state index is 0.521. The molecule has 2 saturated carbocycles. The summed E-state index contributed by atoms with van der Waals surface area (Å²) in [5.41, 5.74) is 0.746. The molecule has 2 aliphatic carbocycles. The molecule has 0 atom stereocenters. The van der Waals surface area contributed by atoms with E-state index in [1.807, 2.05) is 0 Å². The van der Waals surface area contributed by atoms with Gasteiger partial charge >= 0.3 is 0 Å².